The van der Waals surface area contributed by atoms with Crippen LogP contribution in [0.4, 0.5) is 0 Å². The van der Waals surface area contributed by atoms with Gasteiger partial charge in [0.1, 0.15) is 0 Å². The van der Waals surface area contributed by atoms with Gasteiger partial charge in [0.05, 0.1) is 28.7 Å². The summed E-state index contributed by atoms with van der Waals surface area (Å²) in [5.74, 6) is -0.154. The van der Waals surface area contributed by atoms with Crippen LogP contribution in [-0.4, -0.2) is 23.9 Å². The van der Waals surface area contributed by atoms with Crippen LogP contribution in [0, 0.1) is 28.1 Å². The van der Waals surface area contributed by atoms with Crippen molar-refractivity contribution in [1.29, 1.82) is 10.5 Å². The van der Waals surface area contributed by atoms with E-state index in [1.807, 2.05) is 13.0 Å². The molecule has 0 bridgehead atoms. The number of piperidine rings is 1. The molecule has 0 unspecified atom stereocenters. The second-order valence-electron chi connectivity index (χ2n) is 5.16. The van der Waals surface area contributed by atoms with E-state index in [9.17, 15) is 10.1 Å². The van der Waals surface area contributed by atoms with Crippen molar-refractivity contribution in [1.82, 2.24) is 4.90 Å². The van der Waals surface area contributed by atoms with Gasteiger partial charge in [-0.3, -0.25) is 4.79 Å². The monoisotopic (exact) mass is 253 g/mol. The molecule has 0 saturated carbocycles. The number of carbonyl (C=O) groups excluding carboxylic acids is 1. The molecular weight excluding hydrogens is 238 g/mol. The van der Waals surface area contributed by atoms with Gasteiger partial charge < -0.3 is 4.90 Å². The number of amides is 1. The third-order valence-corrected chi connectivity index (χ3v) is 3.53. The number of nitrogens with zero attached hydrogens (tertiary/aromatic N) is 3. The fraction of sp³-hybridized carbons (Fsp3) is 0.400. The molecule has 1 saturated heterocycles. The molecule has 1 atom stereocenters. The van der Waals surface area contributed by atoms with Gasteiger partial charge in [-0.05, 0) is 31.9 Å². The minimum atomic E-state index is -0.477. The number of rotatable bonds is 1. The fourth-order valence-electron chi connectivity index (χ4n) is 2.44. The Hall–Kier alpha value is -2.33. The Labute approximate surface area is 112 Å². The lowest BCUT2D eigenvalue weighted by Gasteiger charge is -2.36. The second kappa shape index (κ2) is 5.12. The summed E-state index contributed by atoms with van der Waals surface area (Å²) >= 11 is 0. The Balaban J connectivity index is 2.26. The standard InChI is InChI=1S/C15H15N3O/c1-15(10-17)7-4-8-18(11-15)14(19)13-6-3-2-5-12(13)9-16/h2-3,5-6H,4,7-8,11H2,1H3/t15-/m0/s1. The van der Waals surface area contributed by atoms with Gasteiger partial charge in [-0.2, -0.15) is 10.5 Å². The van der Waals surface area contributed by atoms with Gasteiger partial charge in [-0.1, -0.05) is 12.1 Å². The molecule has 0 aliphatic carbocycles. The van der Waals surface area contributed by atoms with Crippen LogP contribution < -0.4 is 0 Å². The maximum absolute atomic E-state index is 12.4. The van der Waals surface area contributed by atoms with Gasteiger partial charge in [-0.15, -0.1) is 0 Å². The van der Waals surface area contributed by atoms with Crippen molar-refractivity contribution in [3.8, 4) is 12.1 Å². The highest BCUT2D eigenvalue weighted by Crippen LogP contribution is 2.29. The summed E-state index contributed by atoms with van der Waals surface area (Å²) in [6, 6.07) is 11.1. The van der Waals surface area contributed by atoms with Gasteiger partial charge in [0.15, 0.2) is 0 Å². The molecule has 96 valence electrons. The summed E-state index contributed by atoms with van der Waals surface area (Å²) in [4.78, 5) is 14.1. The zero-order valence-electron chi connectivity index (χ0n) is 10.9. The molecule has 1 fully saturated rings. The van der Waals surface area contributed by atoms with Crippen molar-refractivity contribution in [2.75, 3.05) is 13.1 Å². The number of carbonyl (C=O) groups is 1. The maximum atomic E-state index is 12.4. The molecule has 1 aromatic carbocycles. The predicted octanol–water partition coefficient (Wildman–Crippen LogP) is 2.32. The number of benzene rings is 1. The summed E-state index contributed by atoms with van der Waals surface area (Å²) in [6.07, 6.45) is 1.64. The van der Waals surface area contributed by atoms with Crippen molar-refractivity contribution < 1.29 is 4.79 Å². The smallest absolute Gasteiger partial charge is 0.255 e. The molecule has 4 nitrogen and oxygen atoms in total. The molecule has 4 heteroatoms. The average Bonchev–Trinajstić information content (AvgIpc) is 2.46. The normalized spacial score (nSPS) is 22.4. The first-order chi connectivity index (χ1) is 9.09. The lowest BCUT2D eigenvalue weighted by molar-refractivity contribution is 0.0629. The first-order valence-electron chi connectivity index (χ1n) is 6.29. The number of hydrogen-bond acceptors (Lipinski definition) is 3. The Morgan fingerprint density at radius 2 is 2.11 bits per heavy atom. The van der Waals surface area contributed by atoms with Crippen molar-refractivity contribution in [3.05, 3.63) is 35.4 Å². The van der Waals surface area contributed by atoms with Crippen LogP contribution in [0.2, 0.25) is 0 Å². The van der Waals surface area contributed by atoms with Crippen LogP contribution in [0.25, 0.3) is 0 Å². The first-order valence-corrected chi connectivity index (χ1v) is 6.29. The van der Waals surface area contributed by atoms with Crippen LogP contribution in [0.15, 0.2) is 24.3 Å². The first kappa shape index (κ1) is 13.1. The zero-order valence-corrected chi connectivity index (χ0v) is 10.9. The lowest BCUT2D eigenvalue weighted by Crippen LogP contribution is -2.44. The van der Waals surface area contributed by atoms with Crippen LogP contribution in [0.1, 0.15) is 35.7 Å². The molecule has 0 aromatic heterocycles. The van der Waals surface area contributed by atoms with Crippen LogP contribution in [0.3, 0.4) is 0 Å². The fourth-order valence-corrected chi connectivity index (χ4v) is 2.44. The summed E-state index contributed by atoms with van der Waals surface area (Å²) in [6.45, 7) is 2.96. The predicted molar refractivity (Wildman–Crippen MR) is 70.0 cm³/mol. The summed E-state index contributed by atoms with van der Waals surface area (Å²) in [5, 5.41) is 18.2. The van der Waals surface area contributed by atoms with E-state index >= 15 is 0 Å². The molecule has 2 rings (SSSR count). The third kappa shape index (κ3) is 2.58. The SMILES string of the molecule is C[C@@]1(C#N)CCCN(C(=O)c2ccccc2C#N)C1. The van der Waals surface area contributed by atoms with E-state index in [1.54, 1.807) is 29.2 Å². The van der Waals surface area contributed by atoms with E-state index in [2.05, 4.69) is 6.07 Å². The molecule has 1 aromatic rings. The van der Waals surface area contributed by atoms with Crippen LogP contribution in [0.5, 0.6) is 0 Å². The summed E-state index contributed by atoms with van der Waals surface area (Å²) < 4.78 is 0. The highest BCUT2D eigenvalue weighted by molar-refractivity contribution is 5.96. The van der Waals surface area contributed by atoms with Gasteiger partial charge in [0.2, 0.25) is 0 Å². The third-order valence-electron chi connectivity index (χ3n) is 3.53. The molecule has 0 spiro atoms. The molecule has 1 aliphatic heterocycles. The summed E-state index contributed by atoms with van der Waals surface area (Å²) in [5.41, 5.74) is 0.332. The Kier molecular flexibility index (Phi) is 3.53. The molecule has 1 aliphatic rings. The van der Waals surface area contributed by atoms with Crippen molar-refractivity contribution in [3.63, 3.8) is 0 Å². The highest BCUT2D eigenvalue weighted by atomic mass is 16.2. The number of likely N-dealkylation sites (tertiary alicyclic amines) is 1. The van der Waals surface area contributed by atoms with Crippen LogP contribution >= 0.6 is 0 Å². The Bertz CT molecular complexity index is 582. The topological polar surface area (TPSA) is 67.9 Å². The van der Waals surface area contributed by atoms with Crippen molar-refractivity contribution in [2.45, 2.75) is 19.8 Å². The Morgan fingerprint density at radius 1 is 1.37 bits per heavy atom. The van der Waals surface area contributed by atoms with E-state index in [0.29, 0.717) is 24.2 Å². The minimum Gasteiger partial charge on any atom is -0.337 e. The highest BCUT2D eigenvalue weighted by Gasteiger charge is 2.33. The molecule has 19 heavy (non-hydrogen) atoms. The lowest BCUT2D eigenvalue weighted by atomic mass is 9.83. The van der Waals surface area contributed by atoms with Crippen LogP contribution in [-0.2, 0) is 0 Å². The van der Waals surface area contributed by atoms with Crippen molar-refractivity contribution >= 4 is 5.91 Å². The van der Waals surface area contributed by atoms with Gasteiger partial charge in [-0.25, -0.2) is 0 Å². The maximum Gasteiger partial charge on any atom is 0.255 e. The summed E-state index contributed by atoms with van der Waals surface area (Å²) in [7, 11) is 0. The molecule has 1 heterocycles. The Morgan fingerprint density at radius 3 is 2.79 bits per heavy atom. The van der Waals surface area contributed by atoms with E-state index in [1.165, 1.54) is 0 Å². The minimum absolute atomic E-state index is 0.154. The largest absolute Gasteiger partial charge is 0.337 e. The van der Waals surface area contributed by atoms with Gasteiger partial charge in [0, 0.05) is 13.1 Å². The molecular formula is C15H15N3O. The zero-order chi connectivity index (χ0) is 13.9. The number of hydrogen-bond donors (Lipinski definition) is 0. The van der Waals surface area contributed by atoms with E-state index in [0.717, 1.165) is 12.8 Å². The average molecular weight is 253 g/mol. The molecule has 0 radical (unpaired) electrons. The van der Waals surface area contributed by atoms with E-state index < -0.39 is 5.41 Å². The van der Waals surface area contributed by atoms with Crippen molar-refractivity contribution in [2.24, 2.45) is 5.41 Å². The molecule has 0 N–H and O–H groups in total. The quantitative estimate of drug-likeness (QED) is 0.771. The number of nitriles is 2. The van der Waals surface area contributed by atoms with Gasteiger partial charge in [0.25, 0.3) is 5.91 Å². The van der Waals surface area contributed by atoms with E-state index in [-0.39, 0.29) is 5.91 Å². The second-order valence-corrected chi connectivity index (χ2v) is 5.16. The van der Waals surface area contributed by atoms with Gasteiger partial charge >= 0.3 is 0 Å². The molecule has 1 amide bonds. The van der Waals surface area contributed by atoms with E-state index in [4.69, 9.17) is 5.26 Å².